The van der Waals surface area contributed by atoms with Crippen molar-refractivity contribution in [3.8, 4) is 0 Å². The van der Waals surface area contributed by atoms with Gasteiger partial charge in [0.25, 0.3) is 5.91 Å². The lowest BCUT2D eigenvalue weighted by molar-refractivity contribution is -0.124. The predicted molar refractivity (Wildman–Crippen MR) is 308 cm³/mol. The van der Waals surface area contributed by atoms with Crippen molar-refractivity contribution in [1.29, 1.82) is 0 Å². The molecular formula is C61H99B2NO6S2. The van der Waals surface area contributed by atoms with Crippen molar-refractivity contribution in [2.24, 2.45) is 17.8 Å². The summed E-state index contributed by atoms with van der Waals surface area (Å²) in [6.45, 7) is 26.6. The van der Waals surface area contributed by atoms with Crippen LogP contribution in [0, 0.1) is 17.8 Å². The number of unbranched alkanes of at least 4 members (excludes halogenated alkanes) is 16. The molecule has 7 nitrogen and oxygen atoms in total. The second-order valence-electron chi connectivity index (χ2n) is 24.4. The van der Waals surface area contributed by atoms with Crippen LogP contribution in [0.5, 0.6) is 0 Å². The number of Topliss-reactive ketones (excluding diaryl/α,β-unsaturated/α-hetero) is 1. The first-order chi connectivity index (χ1) is 34.4. The van der Waals surface area contributed by atoms with Gasteiger partial charge < -0.3 is 23.5 Å². The molecule has 2 aromatic rings. The van der Waals surface area contributed by atoms with Crippen molar-refractivity contribution in [2.45, 2.75) is 279 Å². The van der Waals surface area contributed by atoms with Crippen LogP contribution in [0.25, 0.3) is 11.3 Å². The summed E-state index contributed by atoms with van der Waals surface area (Å²) in [5.41, 5.74) is 1.30. The smallest absolute Gasteiger partial charge is 0.399 e. The van der Waals surface area contributed by atoms with Crippen LogP contribution < -0.4 is 9.55 Å². The van der Waals surface area contributed by atoms with Gasteiger partial charge in [0.15, 0.2) is 5.78 Å². The summed E-state index contributed by atoms with van der Waals surface area (Å²) in [6, 6.07) is 8.65. The lowest BCUT2D eigenvalue weighted by Crippen LogP contribution is -2.41. The molecule has 0 N–H and O–H groups in total. The van der Waals surface area contributed by atoms with Crippen LogP contribution in [-0.4, -0.2) is 59.8 Å². The largest absolute Gasteiger partial charge is 0.505 e. The second-order valence-corrected chi connectivity index (χ2v) is 26.7. The minimum Gasteiger partial charge on any atom is -0.399 e. The van der Waals surface area contributed by atoms with Crippen molar-refractivity contribution < 1.29 is 28.2 Å². The molecule has 1 aliphatic carbocycles. The maximum atomic E-state index is 16.2. The van der Waals surface area contributed by atoms with E-state index in [-0.39, 0.29) is 17.6 Å². The number of carbonyl (C=O) groups excluding carboxylic acids is 2. The Bertz CT molecular complexity index is 2070. The first kappa shape index (κ1) is 59.2. The molecular weight excluding hydrogens is 928 g/mol. The number of carbonyl (C=O) groups is 2. The van der Waals surface area contributed by atoms with Crippen LogP contribution in [0.3, 0.4) is 0 Å². The SMILES string of the molecule is CCCCCCCCC(CCCCCC)CC1CCC(=O)C2=C(c3ccc(B4OC(C)(C)C(C)(C)O4)s3)N(CC(CCCCCC)CCCCCCCC)C(=O)C2=C1c1ccc(B2OC(C)(C)C(C)(C)O2)s1. The Hall–Kier alpha value is -2.01. The quantitative estimate of drug-likeness (QED) is 0.0537. The van der Waals surface area contributed by atoms with E-state index in [0.717, 1.165) is 62.7 Å². The summed E-state index contributed by atoms with van der Waals surface area (Å²) < 4.78 is 28.5. The van der Waals surface area contributed by atoms with Crippen molar-refractivity contribution >= 4 is 69.4 Å². The molecule has 0 radical (unpaired) electrons. The number of hydrogen-bond donors (Lipinski definition) is 0. The summed E-state index contributed by atoms with van der Waals surface area (Å²) in [5.74, 6) is 1.07. The third-order valence-electron chi connectivity index (χ3n) is 17.5. The van der Waals surface area contributed by atoms with Gasteiger partial charge in [0.2, 0.25) is 0 Å². The highest BCUT2D eigenvalue weighted by Gasteiger charge is 2.54. The molecule has 2 aromatic heterocycles. The van der Waals surface area contributed by atoms with Gasteiger partial charge in [-0.05, 0) is 117 Å². The minimum absolute atomic E-state index is 0.0170. The summed E-state index contributed by atoms with van der Waals surface area (Å²) in [7, 11) is -1.02. The normalized spacial score (nSPS) is 21.4. The molecule has 11 heteroatoms. The number of rotatable bonds is 32. The molecule has 3 atom stereocenters. The van der Waals surface area contributed by atoms with Crippen LogP contribution in [0.15, 0.2) is 35.4 Å². The summed E-state index contributed by atoms with van der Waals surface area (Å²) in [4.78, 5) is 35.7. The number of nitrogens with zero attached hydrogens (tertiary/aromatic N) is 1. The number of amides is 1. The first-order valence-electron chi connectivity index (χ1n) is 29.6. The molecule has 2 saturated heterocycles. The molecule has 0 saturated carbocycles. The summed E-state index contributed by atoms with van der Waals surface area (Å²) in [5, 5.41) is 0. The Kier molecular flexibility index (Phi) is 22.5. The van der Waals surface area contributed by atoms with E-state index in [9.17, 15) is 0 Å². The Labute approximate surface area is 448 Å². The van der Waals surface area contributed by atoms with E-state index >= 15 is 9.59 Å². The highest BCUT2D eigenvalue weighted by Crippen LogP contribution is 2.50. The maximum Gasteiger partial charge on any atom is 0.505 e. The molecule has 72 heavy (non-hydrogen) atoms. The number of thiophene rings is 2. The fraction of sp³-hybridized carbons (Fsp3) is 0.770. The lowest BCUT2D eigenvalue weighted by Gasteiger charge is -2.32. The predicted octanol–water partition coefficient (Wildman–Crippen LogP) is 16.5. The molecule has 1 amide bonds. The number of fused-ring (bicyclic) bond motifs is 1. The van der Waals surface area contributed by atoms with E-state index in [0.29, 0.717) is 35.9 Å². The number of ketones is 1. The average molecular weight is 1030 g/mol. The van der Waals surface area contributed by atoms with Crippen molar-refractivity contribution in [2.75, 3.05) is 6.54 Å². The third-order valence-corrected chi connectivity index (χ3v) is 19.8. The summed E-state index contributed by atoms with van der Waals surface area (Å²) >= 11 is 3.34. The van der Waals surface area contributed by atoms with Crippen molar-refractivity contribution in [3.05, 3.63) is 45.2 Å². The lowest BCUT2D eigenvalue weighted by atomic mass is 9.79. The van der Waals surface area contributed by atoms with Gasteiger partial charge in [-0.25, -0.2) is 0 Å². The van der Waals surface area contributed by atoms with Gasteiger partial charge in [-0.2, -0.15) is 0 Å². The standard InChI is InChI=1S/C61H99B2NO6S2/c1-13-17-21-25-27-31-34-45(33-29-23-19-15-3)43-47-37-38-48(65)54-55(53(47)49-39-41-51(71-49)62-67-58(5,6)59(7,8)68-62)57(66)64(44-46(35-30-24-20-16-4)36-32-28-26-22-18-14-2)56(54)50-40-42-52(72-50)63-69-60(9,10)61(11,12)70-63/h39-42,45-47H,13-38,43-44H2,1-12H3. The highest BCUT2D eigenvalue weighted by molar-refractivity contribution is 7.23. The van der Waals surface area contributed by atoms with Crippen LogP contribution in [0.2, 0.25) is 0 Å². The zero-order valence-electron chi connectivity index (χ0n) is 47.7. The molecule has 2 fully saturated rings. The molecule has 402 valence electrons. The van der Waals surface area contributed by atoms with Crippen molar-refractivity contribution in [1.82, 2.24) is 4.90 Å². The van der Waals surface area contributed by atoms with Gasteiger partial charge in [-0.1, -0.05) is 181 Å². The molecule has 3 aliphatic heterocycles. The van der Waals surface area contributed by atoms with Gasteiger partial charge in [-0.15, -0.1) is 22.7 Å². The van der Waals surface area contributed by atoms with E-state index < -0.39 is 36.6 Å². The Morgan fingerprint density at radius 2 is 0.917 bits per heavy atom. The van der Waals surface area contributed by atoms with E-state index in [1.165, 1.54) is 135 Å². The van der Waals surface area contributed by atoms with E-state index in [4.69, 9.17) is 18.6 Å². The molecule has 4 aliphatic rings. The van der Waals surface area contributed by atoms with E-state index in [2.05, 4.69) is 112 Å². The fourth-order valence-corrected chi connectivity index (χ4v) is 13.7. The van der Waals surface area contributed by atoms with Crippen molar-refractivity contribution in [3.63, 3.8) is 0 Å². The Balaban J connectivity index is 1.49. The molecule has 0 spiro atoms. The minimum atomic E-state index is -0.524. The van der Waals surface area contributed by atoms with Crippen LogP contribution in [0.4, 0.5) is 0 Å². The second kappa shape index (κ2) is 27.3. The zero-order valence-corrected chi connectivity index (χ0v) is 49.3. The van der Waals surface area contributed by atoms with Gasteiger partial charge in [0, 0.05) is 27.4 Å². The third kappa shape index (κ3) is 14.9. The molecule has 6 rings (SSSR count). The molecule has 0 aromatic carbocycles. The Morgan fingerprint density at radius 3 is 1.38 bits per heavy atom. The number of hydrogen-bond acceptors (Lipinski definition) is 8. The highest BCUT2D eigenvalue weighted by atomic mass is 32.1. The van der Waals surface area contributed by atoms with E-state index in [1.54, 1.807) is 22.7 Å². The van der Waals surface area contributed by atoms with Crippen LogP contribution in [0.1, 0.15) is 266 Å². The van der Waals surface area contributed by atoms with Gasteiger partial charge >= 0.3 is 14.2 Å². The average Bonchev–Trinajstić information content (AvgIpc) is 4.13. The number of allylic oxidation sites excluding steroid dienone is 1. The van der Waals surface area contributed by atoms with Gasteiger partial charge in [0.05, 0.1) is 44.1 Å². The molecule has 5 heterocycles. The van der Waals surface area contributed by atoms with Crippen LogP contribution >= 0.6 is 22.7 Å². The van der Waals surface area contributed by atoms with Gasteiger partial charge in [-0.3, -0.25) is 9.59 Å². The topological polar surface area (TPSA) is 74.3 Å². The first-order valence-corrected chi connectivity index (χ1v) is 31.3. The Morgan fingerprint density at radius 1 is 0.528 bits per heavy atom. The molecule has 0 bridgehead atoms. The fourth-order valence-electron chi connectivity index (χ4n) is 11.6. The van der Waals surface area contributed by atoms with Gasteiger partial charge in [0.1, 0.15) is 0 Å². The van der Waals surface area contributed by atoms with E-state index in [1.807, 2.05) is 0 Å². The maximum absolute atomic E-state index is 16.2. The zero-order chi connectivity index (χ0) is 52.1. The summed E-state index contributed by atoms with van der Waals surface area (Å²) in [6.07, 6.45) is 31.8. The monoisotopic (exact) mass is 1030 g/mol. The molecule has 3 unspecified atom stereocenters. The van der Waals surface area contributed by atoms with Crippen LogP contribution in [-0.2, 0) is 28.2 Å².